The van der Waals surface area contributed by atoms with E-state index in [1.165, 1.54) is 23.7 Å². The number of nitrogens with one attached hydrogen (secondary N) is 1. The normalized spacial score (nSPS) is 18.0. The number of rotatable bonds is 4. The molecule has 3 rings (SSSR count). The summed E-state index contributed by atoms with van der Waals surface area (Å²) in [5, 5.41) is 12.4. The molecular weight excluding hydrogens is 462 g/mol. The quantitative estimate of drug-likeness (QED) is 0.528. The summed E-state index contributed by atoms with van der Waals surface area (Å²) in [4.78, 5) is 26.8. The van der Waals surface area contributed by atoms with Gasteiger partial charge in [-0.05, 0) is 48.4 Å². The first-order valence-corrected chi connectivity index (χ1v) is 10.4. The molecule has 0 bridgehead atoms. The van der Waals surface area contributed by atoms with Gasteiger partial charge in [0.15, 0.2) is 0 Å². The second-order valence-corrected chi connectivity index (χ2v) is 8.51. The number of thioether (sulfide) groups is 1. The second kappa shape index (κ2) is 8.82. The van der Waals surface area contributed by atoms with E-state index in [0.29, 0.717) is 22.2 Å². The molecule has 0 aromatic heterocycles. The molecule has 28 heavy (non-hydrogen) atoms. The highest BCUT2D eigenvalue weighted by molar-refractivity contribution is 9.10. The van der Waals surface area contributed by atoms with Crippen LogP contribution in [0.3, 0.4) is 0 Å². The van der Waals surface area contributed by atoms with Gasteiger partial charge in [-0.25, -0.2) is 0 Å². The van der Waals surface area contributed by atoms with Gasteiger partial charge >= 0.3 is 0 Å². The number of nitriles is 1. The van der Waals surface area contributed by atoms with Crippen LogP contribution < -0.4 is 10.2 Å². The minimum Gasteiger partial charge on any atom is -0.354 e. The molecule has 8 heteroatoms. The molecule has 1 fully saturated rings. The molecule has 0 radical (unpaired) electrons. The molecule has 2 amide bonds. The number of nitrogens with zero attached hydrogens (tertiary/aromatic N) is 2. The molecule has 1 atom stereocenters. The predicted molar refractivity (Wildman–Crippen MR) is 115 cm³/mol. The Bertz CT molecular complexity index is 1000. The predicted octanol–water partition coefficient (Wildman–Crippen LogP) is 4.27. The van der Waals surface area contributed by atoms with Gasteiger partial charge < -0.3 is 5.32 Å². The number of anilines is 1. The van der Waals surface area contributed by atoms with E-state index >= 15 is 0 Å². The fraction of sp³-hybridized carbons (Fsp3) is 0.150. The molecule has 1 N–H and O–H groups in total. The summed E-state index contributed by atoms with van der Waals surface area (Å²) in [6.45, 7) is 0. The molecule has 2 aromatic carbocycles. The van der Waals surface area contributed by atoms with Crippen molar-refractivity contribution in [2.75, 3.05) is 11.9 Å². The van der Waals surface area contributed by atoms with Gasteiger partial charge in [-0.3, -0.25) is 14.5 Å². The lowest BCUT2D eigenvalue weighted by molar-refractivity contribution is -0.117. The monoisotopic (exact) mass is 475 g/mol. The number of benzene rings is 2. The second-order valence-electron chi connectivity index (χ2n) is 5.96. The van der Waals surface area contributed by atoms with E-state index in [-0.39, 0.29) is 11.5 Å². The number of likely N-dealkylation sites (N-methyl/N-ethyl adjacent to an activating group) is 1. The maximum absolute atomic E-state index is 13.2. The maximum atomic E-state index is 13.2. The molecule has 0 aliphatic carbocycles. The average Bonchev–Trinajstić information content (AvgIpc) is 2.99. The topological polar surface area (TPSA) is 73.2 Å². The van der Waals surface area contributed by atoms with E-state index in [1.54, 1.807) is 24.3 Å². The van der Waals surface area contributed by atoms with Crippen molar-refractivity contribution < 1.29 is 9.59 Å². The average molecular weight is 477 g/mol. The van der Waals surface area contributed by atoms with E-state index in [0.717, 1.165) is 10.0 Å². The highest BCUT2D eigenvalue weighted by Crippen LogP contribution is 2.42. The van der Waals surface area contributed by atoms with Crippen molar-refractivity contribution >= 4 is 56.8 Å². The van der Waals surface area contributed by atoms with Gasteiger partial charge in [0.05, 0.1) is 5.25 Å². The standard InChI is InChI=1S/C20H15BrClN3O2S/c1-24-18(26)16(11-23)20-25(15-7-5-14(22)6-8-15)19(27)17(28-20)10-12-3-2-4-13(21)9-12/h2-9,17H,10H2,1H3,(H,24,26)/b20-16-/t17-/m1/s1. The van der Waals surface area contributed by atoms with Crippen molar-refractivity contribution in [2.45, 2.75) is 11.7 Å². The Kier molecular flexibility index (Phi) is 6.45. The van der Waals surface area contributed by atoms with Crippen molar-refractivity contribution in [1.82, 2.24) is 5.32 Å². The maximum Gasteiger partial charge on any atom is 0.264 e. The van der Waals surface area contributed by atoms with Crippen LogP contribution in [0.4, 0.5) is 5.69 Å². The van der Waals surface area contributed by atoms with Crippen molar-refractivity contribution in [3.8, 4) is 6.07 Å². The zero-order chi connectivity index (χ0) is 20.3. The summed E-state index contributed by atoms with van der Waals surface area (Å²) < 4.78 is 0.925. The molecular formula is C20H15BrClN3O2S. The van der Waals surface area contributed by atoms with Gasteiger partial charge in [-0.1, -0.05) is 51.4 Å². The van der Waals surface area contributed by atoms with Crippen LogP contribution in [0, 0.1) is 11.3 Å². The molecule has 1 heterocycles. The Labute approximate surface area is 180 Å². The molecule has 2 aromatic rings. The van der Waals surface area contributed by atoms with Gasteiger partial charge in [0, 0.05) is 22.2 Å². The summed E-state index contributed by atoms with van der Waals surface area (Å²) in [6, 6.07) is 16.4. The number of amides is 2. The third-order valence-electron chi connectivity index (χ3n) is 4.13. The van der Waals surface area contributed by atoms with E-state index in [2.05, 4.69) is 21.2 Å². The highest BCUT2D eigenvalue weighted by Gasteiger charge is 2.40. The summed E-state index contributed by atoms with van der Waals surface area (Å²) in [5.74, 6) is -0.709. The van der Waals surface area contributed by atoms with Crippen LogP contribution >= 0.6 is 39.3 Å². The third kappa shape index (κ3) is 4.25. The van der Waals surface area contributed by atoms with Gasteiger partial charge in [-0.2, -0.15) is 5.26 Å². The van der Waals surface area contributed by atoms with Crippen LogP contribution in [0.5, 0.6) is 0 Å². The minimum atomic E-state index is -0.528. The van der Waals surface area contributed by atoms with E-state index in [4.69, 9.17) is 11.6 Å². The van der Waals surface area contributed by atoms with Crippen LogP contribution in [-0.4, -0.2) is 24.1 Å². The minimum absolute atomic E-state index is 0.0902. The Morgan fingerprint density at radius 3 is 2.64 bits per heavy atom. The van der Waals surface area contributed by atoms with Gasteiger partial charge in [-0.15, -0.1) is 0 Å². The van der Waals surface area contributed by atoms with Crippen molar-refractivity contribution in [3.63, 3.8) is 0 Å². The fourth-order valence-corrected chi connectivity index (χ4v) is 4.70. The van der Waals surface area contributed by atoms with Crippen LogP contribution in [-0.2, 0) is 16.0 Å². The van der Waals surface area contributed by atoms with Crippen LogP contribution in [0.2, 0.25) is 5.02 Å². The zero-order valence-corrected chi connectivity index (χ0v) is 17.9. The lowest BCUT2D eigenvalue weighted by Gasteiger charge is -2.18. The number of halogens is 2. The summed E-state index contributed by atoms with van der Waals surface area (Å²) in [7, 11) is 1.45. The Morgan fingerprint density at radius 2 is 2.04 bits per heavy atom. The summed E-state index contributed by atoms with van der Waals surface area (Å²) in [6.07, 6.45) is 0.475. The molecule has 0 saturated carbocycles. The lowest BCUT2D eigenvalue weighted by atomic mass is 10.1. The highest BCUT2D eigenvalue weighted by atomic mass is 79.9. The number of carbonyl (C=O) groups is 2. The van der Waals surface area contributed by atoms with E-state index < -0.39 is 11.2 Å². The molecule has 0 spiro atoms. The fourth-order valence-electron chi connectivity index (χ4n) is 2.82. The molecule has 1 saturated heterocycles. The number of carbonyl (C=O) groups excluding carboxylic acids is 2. The van der Waals surface area contributed by atoms with Crippen molar-refractivity contribution in [3.05, 3.63) is 74.2 Å². The molecule has 1 aliphatic heterocycles. The van der Waals surface area contributed by atoms with Crippen molar-refractivity contribution in [2.24, 2.45) is 0 Å². The number of hydrogen-bond acceptors (Lipinski definition) is 4. The van der Waals surface area contributed by atoms with Gasteiger partial charge in [0.2, 0.25) is 5.91 Å². The molecule has 0 unspecified atom stereocenters. The first-order chi connectivity index (χ1) is 13.4. The van der Waals surface area contributed by atoms with Crippen LogP contribution in [0.15, 0.2) is 63.6 Å². The van der Waals surface area contributed by atoms with Gasteiger partial charge in [0.25, 0.3) is 5.91 Å². The smallest absolute Gasteiger partial charge is 0.264 e. The third-order valence-corrected chi connectivity index (χ3v) is 6.14. The van der Waals surface area contributed by atoms with Crippen LogP contribution in [0.1, 0.15) is 5.56 Å². The summed E-state index contributed by atoms with van der Waals surface area (Å²) in [5.41, 5.74) is 1.45. The first kappa shape index (κ1) is 20.5. The largest absolute Gasteiger partial charge is 0.354 e. The van der Waals surface area contributed by atoms with E-state index in [1.807, 2.05) is 30.3 Å². The Hall–Kier alpha value is -2.27. The molecule has 142 valence electrons. The first-order valence-electron chi connectivity index (χ1n) is 8.31. The van der Waals surface area contributed by atoms with E-state index in [9.17, 15) is 14.9 Å². The number of hydrogen-bond donors (Lipinski definition) is 1. The Balaban J connectivity index is 2.04. The summed E-state index contributed by atoms with van der Waals surface area (Å²) >= 11 is 10.6. The zero-order valence-electron chi connectivity index (χ0n) is 14.8. The lowest BCUT2D eigenvalue weighted by Crippen LogP contribution is -2.31. The van der Waals surface area contributed by atoms with Crippen molar-refractivity contribution in [1.29, 1.82) is 5.26 Å². The SMILES string of the molecule is CNC(=O)/C(C#N)=C1\S[C@H](Cc2cccc(Br)c2)C(=O)N1c1ccc(Cl)cc1. The molecule has 5 nitrogen and oxygen atoms in total. The molecule has 1 aliphatic rings. The van der Waals surface area contributed by atoms with Crippen LogP contribution in [0.25, 0.3) is 0 Å². The van der Waals surface area contributed by atoms with Gasteiger partial charge in [0.1, 0.15) is 16.7 Å². The Morgan fingerprint density at radius 1 is 1.32 bits per heavy atom.